The van der Waals surface area contributed by atoms with Gasteiger partial charge in [-0.15, -0.1) is 0 Å². The second kappa shape index (κ2) is 5.79. The molecule has 5 heteroatoms. The van der Waals surface area contributed by atoms with Gasteiger partial charge in [0, 0.05) is 31.9 Å². The summed E-state index contributed by atoms with van der Waals surface area (Å²) in [7, 11) is 1.42. The summed E-state index contributed by atoms with van der Waals surface area (Å²) < 4.78 is 17.8. The molecule has 1 aliphatic rings. The number of benzene rings is 1. The summed E-state index contributed by atoms with van der Waals surface area (Å²) in [5.41, 5.74) is 0.408. The average molecular weight is 280 g/mol. The van der Waals surface area contributed by atoms with Crippen molar-refractivity contribution in [3.63, 3.8) is 0 Å². The van der Waals surface area contributed by atoms with E-state index >= 15 is 0 Å². The maximum Gasteiger partial charge on any atom is 0.325 e. The molecule has 2 rings (SSSR count). The van der Waals surface area contributed by atoms with Gasteiger partial charge in [-0.2, -0.15) is 0 Å². The van der Waals surface area contributed by atoms with E-state index in [1.165, 1.54) is 19.2 Å². The molecule has 0 bridgehead atoms. The number of ether oxygens (including phenoxy) is 1. The minimum Gasteiger partial charge on any atom is -0.468 e. The van der Waals surface area contributed by atoms with E-state index in [9.17, 15) is 9.18 Å². The normalized spacial score (nSPS) is 17.1. The van der Waals surface area contributed by atoms with Gasteiger partial charge in [0.05, 0.1) is 7.11 Å². The fourth-order valence-corrected chi connectivity index (χ4v) is 2.55. The lowest BCUT2D eigenvalue weighted by atomic mass is 10.0. The molecule has 4 nitrogen and oxygen atoms in total. The van der Waals surface area contributed by atoms with Crippen molar-refractivity contribution >= 4 is 11.7 Å². The van der Waals surface area contributed by atoms with Gasteiger partial charge in [0.1, 0.15) is 11.4 Å². The Labute approximate surface area is 119 Å². The van der Waals surface area contributed by atoms with Crippen LogP contribution in [0.3, 0.4) is 0 Å². The highest BCUT2D eigenvalue weighted by Crippen LogP contribution is 2.22. The molecule has 0 N–H and O–H groups in total. The van der Waals surface area contributed by atoms with Crippen LogP contribution in [0, 0.1) is 5.82 Å². The molecule has 1 heterocycles. The topological polar surface area (TPSA) is 32.8 Å². The zero-order valence-electron chi connectivity index (χ0n) is 12.2. The number of halogens is 1. The third-order valence-corrected chi connectivity index (χ3v) is 3.95. The molecule has 1 aliphatic heterocycles. The average Bonchev–Trinajstić information content (AvgIpc) is 2.47. The monoisotopic (exact) mass is 280 g/mol. The molecule has 0 amide bonds. The van der Waals surface area contributed by atoms with E-state index in [0.29, 0.717) is 0 Å². The maximum atomic E-state index is 12.9. The standard InChI is InChI=1S/C15H21FN2O2/c1-15(2,14(19)20-3)18-10-8-17(9-11-18)13-6-4-12(16)5-7-13/h4-7H,8-11H2,1-3H3. The number of anilines is 1. The molecular formula is C15H21FN2O2. The van der Waals surface area contributed by atoms with Crippen molar-refractivity contribution in [2.24, 2.45) is 0 Å². The molecule has 0 unspecified atom stereocenters. The number of rotatable bonds is 3. The van der Waals surface area contributed by atoms with Crippen LogP contribution >= 0.6 is 0 Å². The van der Waals surface area contributed by atoms with Gasteiger partial charge < -0.3 is 9.64 Å². The Balaban J connectivity index is 1.99. The number of hydrogen-bond acceptors (Lipinski definition) is 4. The minimum absolute atomic E-state index is 0.215. The fourth-order valence-electron chi connectivity index (χ4n) is 2.55. The summed E-state index contributed by atoms with van der Waals surface area (Å²) in [4.78, 5) is 16.1. The van der Waals surface area contributed by atoms with Crippen LogP contribution in [0.1, 0.15) is 13.8 Å². The van der Waals surface area contributed by atoms with E-state index < -0.39 is 5.54 Å². The van der Waals surface area contributed by atoms with Crippen molar-refractivity contribution in [2.45, 2.75) is 19.4 Å². The third kappa shape index (κ3) is 2.93. The summed E-state index contributed by atoms with van der Waals surface area (Å²) in [6, 6.07) is 6.52. The van der Waals surface area contributed by atoms with E-state index in [2.05, 4.69) is 9.80 Å². The number of methoxy groups -OCH3 is 1. The van der Waals surface area contributed by atoms with Crippen molar-refractivity contribution in [1.82, 2.24) is 4.90 Å². The molecule has 0 saturated carbocycles. The number of esters is 1. The van der Waals surface area contributed by atoms with Gasteiger partial charge in [-0.05, 0) is 38.1 Å². The van der Waals surface area contributed by atoms with Gasteiger partial charge in [-0.1, -0.05) is 0 Å². The van der Waals surface area contributed by atoms with Crippen molar-refractivity contribution in [2.75, 3.05) is 38.2 Å². The molecule has 0 spiro atoms. The number of nitrogens with zero attached hydrogens (tertiary/aromatic N) is 2. The predicted molar refractivity (Wildman–Crippen MR) is 76.3 cm³/mol. The van der Waals surface area contributed by atoms with Gasteiger partial charge in [-0.3, -0.25) is 9.69 Å². The summed E-state index contributed by atoms with van der Waals surface area (Å²) in [6.45, 7) is 6.94. The van der Waals surface area contributed by atoms with Crippen molar-refractivity contribution in [3.8, 4) is 0 Å². The van der Waals surface area contributed by atoms with Gasteiger partial charge in [0.15, 0.2) is 0 Å². The molecule has 1 fully saturated rings. The summed E-state index contributed by atoms with van der Waals surface area (Å²) in [6.07, 6.45) is 0. The van der Waals surface area contributed by atoms with Crippen LogP contribution in [-0.2, 0) is 9.53 Å². The van der Waals surface area contributed by atoms with Crippen molar-refractivity contribution in [1.29, 1.82) is 0 Å². The predicted octanol–water partition coefficient (Wildman–Crippen LogP) is 1.90. The quantitative estimate of drug-likeness (QED) is 0.792. The van der Waals surface area contributed by atoms with E-state index in [1.54, 1.807) is 12.1 Å². The van der Waals surface area contributed by atoms with Crippen LogP contribution < -0.4 is 4.90 Å². The first-order valence-corrected chi connectivity index (χ1v) is 6.79. The molecule has 20 heavy (non-hydrogen) atoms. The molecule has 1 aromatic carbocycles. The second-order valence-electron chi connectivity index (χ2n) is 5.50. The Morgan fingerprint density at radius 1 is 1.15 bits per heavy atom. The number of carbonyl (C=O) groups is 1. The lowest BCUT2D eigenvalue weighted by molar-refractivity contribution is -0.153. The summed E-state index contributed by atoms with van der Waals surface area (Å²) in [5, 5.41) is 0. The van der Waals surface area contributed by atoms with Gasteiger partial charge in [-0.25, -0.2) is 4.39 Å². The zero-order valence-corrected chi connectivity index (χ0v) is 12.2. The van der Waals surface area contributed by atoms with Gasteiger partial charge in [0.25, 0.3) is 0 Å². The highest BCUT2D eigenvalue weighted by molar-refractivity contribution is 5.79. The van der Waals surface area contributed by atoms with Crippen molar-refractivity contribution in [3.05, 3.63) is 30.1 Å². The fraction of sp³-hybridized carbons (Fsp3) is 0.533. The summed E-state index contributed by atoms with van der Waals surface area (Å²) >= 11 is 0. The van der Waals surface area contributed by atoms with E-state index in [0.717, 1.165) is 31.9 Å². The smallest absolute Gasteiger partial charge is 0.325 e. The first-order chi connectivity index (χ1) is 9.45. The molecular weight excluding hydrogens is 259 g/mol. The molecule has 0 aromatic heterocycles. The maximum absolute atomic E-state index is 12.9. The molecule has 0 aliphatic carbocycles. The molecule has 1 aromatic rings. The van der Waals surface area contributed by atoms with Crippen molar-refractivity contribution < 1.29 is 13.9 Å². The molecule has 1 saturated heterocycles. The highest BCUT2D eigenvalue weighted by atomic mass is 19.1. The lowest BCUT2D eigenvalue weighted by Crippen LogP contribution is -2.58. The van der Waals surface area contributed by atoms with Crippen LogP contribution in [0.15, 0.2) is 24.3 Å². The Morgan fingerprint density at radius 2 is 1.70 bits per heavy atom. The Hall–Kier alpha value is -1.62. The van der Waals surface area contributed by atoms with Gasteiger partial charge in [0.2, 0.25) is 0 Å². The third-order valence-electron chi connectivity index (χ3n) is 3.95. The van der Waals surface area contributed by atoms with E-state index in [1.807, 2.05) is 13.8 Å². The lowest BCUT2D eigenvalue weighted by Gasteiger charge is -2.42. The van der Waals surface area contributed by atoms with E-state index in [-0.39, 0.29) is 11.8 Å². The van der Waals surface area contributed by atoms with Crippen LogP contribution in [0.4, 0.5) is 10.1 Å². The number of hydrogen-bond donors (Lipinski definition) is 0. The number of carbonyl (C=O) groups excluding carboxylic acids is 1. The second-order valence-corrected chi connectivity index (χ2v) is 5.50. The number of piperazine rings is 1. The largest absolute Gasteiger partial charge is 0.468 e. The van der Waals surface area contributed by atoms with Crippen LogP contribution in [0.5, 0.6) is 0 Å². The van der Waals surface area contributed by atoms with E-state index in [4.69, 9.17) is 4.74 Å². The molecule has 110 valence electrons. The SMILES string of the molecule is COC(=O)C(C)(C)N1CCN(c2ccc(F)cc2)CC1. The van der Waals surface area contributed by atoms with Crippen LogP contribution in [0.25, 0.3) is 0 Å². The van der Waals surface area contributed by atoms with Crippen LogP contribution in [-0.4, -0.2) is 49.7 Å². The summed E-state index contributed by atoms with van der Waals surface area (Å²) in [5.74, 6) is -0.438. The minimum atomic E-state index is -0.608. The highest BCUT2D eigenvalue weighted by Gasteiger charge is 2.37. The first-order valence-electron chi connectivity index (χ1n) is 6.79. The Bertz CT molecular complexity index is 465. The Morgan fingerprint density at radius 3 is 2.20 bits per heavy atom. The zero-order chi connectivity index (χ0) is 14.8. The first kappa shape index (κ1) is 14.8. The molecule has 0 radical (unpaired) electrons. The Kier molecular flexibility index (Phi) is 4.28. The molecule has 0 atom stereocenters. The van der Waals surface area contributed by atoms with Gasteiger partial charge >= 0.3 is 5.97 Å². The van der Waals surface area contributed by atoms with Crippen LogP contribution in [0.2, 0.25) is 0 Å².